The van der Waals surface area contributed by atoms with Crippen LogP contribution in [0.1, 0.15) is 73.5 Å². The monoisotopic (exact) mass is 406 g/mol. The zero-order chi connectivity index (χ0) is 21.5. The molecule has 30 heavy (non-hydrogen) atoms. The van der Waals surface area contributed by atoms with Crippen LogP contribution in [0.2, 0.25) is 0 Å². The summed E-state index contributed by atoms with van der Waals surface area (Å²) in [6.07, 6.45) is 3.18. The third-order valence-corrected chi connectivity index (χ3v) is 6.52. The molecular formula is C25H34N4O. The van der Waals surface area contributed by atoms with Crippen molar-refractivity contribution in [1.29, 1.82) is 0 Å². The minimum Gasteiger partial charge on any atom is -0.356 e. The summed E-state index contributed by atoms with van der Waals surface area (Å²) in [5.74, 6) is 2.75. The molecule has 1 fully saturated rings. The first kappa shape index (κ1) is 20.8. The number of benzene rings is 1. The van der Waals surface area contributed by atoms with Gasteiger partial charge in [0.15, 0.2) is 0 Å². The topological polar surface area (TPSA) is 49.3 Å². The highest BCUT2D eigenvalue weighted by atomic mass is 16.2. The molecule has 1 aromatic carbocycles. The fourth-order valence-electron chi connectivity index (χ4n) is 4.47. The van der Waals surface area contributed by atoms with Crippen molar-refractivity contribution in [3.63, 3.8) is 0 Å². The second-order valence-electron chi connectivity index (χ2n) is 9.99. The molecule has 0 bridgehead atoms. The van der Waals surface area contributed by atoms with Crippen molar-refractivity contribution in [1.82, 2.24) is 14.9 Å². The summed E-state index contributed by atoms with van der Waals surface area (Å²) in [5, 5.41) is 0. The zero-order valence-corrected chi connectivity index (χ0v) is 19.0. The molecule has 1 amide bonds. The summed E-state index contributed by atoms with van der Waals surface area (Å²) in [4.78, 5) is 27.1. The molecule has 0 spiro atoms. The highest BCUT2D eigenvalue weighted by Crippen LogP contribution is 2.30. The highest BCUT2D eigenvalue weighted by molar-refractivity contribution is 5.94. The van der Waals surface area contributed by atoms with Gasteiger partial charge in [0.25, 0.3) is 5.91 Å². The summed E-state index contributed by atoms with van der Waals surface area (Å²) in [5.41, 5.74) is 4.34. The maximum atomic E-state index is 13.2. The number of rotatable bonds is 2. The second-order valence-corrected chi connectivity index (χ2v) is 9.99. The SMILES string of the molecule is Cc1nc2c(c(N3CCC(C)CC3)n1)CN(C(=O)c1ccc(C(C)(C)C)cc1)CC2. The van der Waals surface area contributed by atoms with Crippen LogP contribution in [-0.4, -0.2) is 40.4 Å². The fraction of sp³-hybridized carbons (Fsp3) is 0.560. The summed E-state index contributed by atoms with van der Waals surface area (Å²) >= 11 is 0. The van der Waals surface area contributed by atoms with Crippen LogP contribution in [0.5, 0.6) is 0 Å². The Morgan fingerprint density at radius 1 is 1.03 bits per heavy atom. The first-order valence-electron chi connectivity index (χ1n) is 11.2. The second kappa shape index (κ2) is 8.01. The van der Waals surface area contributed by atoms with E-state index in [-0.39, 0.29) is 11.3 Å². The van der Waals surface area contributed by atoms with Crippen LogP contribution in [0.4, 0.5) is 5.82 Å². The average molecular weight is 407 g/mol. The Hall–Kier alpha value is -2.43. The van der Waals surface area contributed by atoms with E-state index in [0.29, 0.717) is 13.1 Å². The number of piperidine rings is 1. The zero-order valence-electron chi connectivity index (χ0n) is 19.0. The molecule has 2 aliphatic rings. The van der Waals surface area contributed by atoms with E-state index in [4.69, 9.17) is 9.97 Å². The summed E-state index contributed by atoms with van der Waals surface area (Å²) in [6.45, 7) is 14.2. The van der Waals surface area contributed by atoms with Gasteiger partial charge in [0.1, 0.15) is 11.6 Å². The van der Waals surface area contributed by atoms with E-state index in [1.807, 2.05) is 24.0 Å². The van der Waals surface area contributed by atoms with Crippen LogP contribution < -0.4 is 4.90 Å². The molecule has 5 heteroatoms. The fourth-order valence-corrected chi connectivity index (χ4v) is 4.47. The molecule has 160 valence electrons. The van der Waals surface area contributed by atoms with E-state index in [2.05, 4.69) is 44.7 Å². The Morgan fingerprint density at radius 3 is 2.33 bits per heavy atom. The minimum absolute atomic E-state index is 0.0850. The number of aryl methyl sites for hydroxylation is 1. The van der Waals surface area contributed by atoms with Gasteiger partial charge in [-0.2, -0.15) is 0 Å². The molecular weight excluding hydrogens is 372 g/mol. The molecule has 0 atom stereocenters. The van der Waals surface area contributed by atoms with Gasteiger partial charge in [-0.15, -0.1) is 0 Å². The number of fused-ring (bicyclic) bond motifs is 1. The average Bonchev–Trinajstić information content (AvgIpc) is 2.72. The van der Waals surface area contributed by atoms with Gasteiger partial charge in [-0.1, -0.05) is 39.8 Å². The molecule has 2 aliphatic heterocycles. The van der Waals surface area contributed by atoms with Crippen molar-refractivity contribution in [3.05, 3.63) is 52.5 Å². The molecule has 1 aromatic heterocycles. The number of carbonyl (C=O) groups excluding carboxylic acids is 1. The predicted molar refractivity (Wildman–Crippen MR) is 121 cm³/mol. The van der Waals surface area contributed by atoms with Crippen molar-refractivity contribution in [2.45, 2.75) is 65.8 Å². The number of hydrogen-bond donors (Lipinski definition) is 0. The van der Waals surface area contributed by atoms with E-state index in [1.165, 1.54) is 18.4 Å². The van der Waals surface area contributed by atoms with Crippen LogP contribution >= 0.6 is 0 Å². The Balaban J connectivity index is 1.57. The first-order valence-corrected chi connectivity index (χ1v) is 11.2. The van der Waals surface area contributed by atoms with Crippen molar-refractivity contribution in [3.8, 4) is 0 Å². The van der Waals surface area contributed by atoms with Gasteiger partial charge in [-0.3, -0.25) is 4.79 Å². The van der Waals surface area contributed by atoms with E-state index >= 15 is 0 Å². The maximum Gasteiger partial charge on any atom is 0.254 e. The summed E-state index contributed by atoms with van der Waals surface area (Å²) in [6, 6.07) is 8.10. The van der Waals surface area contributed by atoms with Gasteiger partial charge in [0, 0.05) is 37.2 Å². The van der Waals surface area contributed by atoms with Crippen LogP contribution in [-0.2, 0) is 18.4 Å². The molecule has 2 aromatic rings. The number of hydrogen-bond acceptors (Lipinski definition) is 4. The number of aromatic nitrogens is 2. The third kappa shape index (κ3) is 4.21. The van der Waals surface area contributed by atoms with Gasteiger partial charge >= 0.3 is 0 Å². The van der Waals surface area contributed by atoms with E-state index in [0.717, 1.165) is 53.9 Å². The standard InChI is InChI=1S/C25H34N4O/c1-17-10-13-28(14-11-17)23-21-16-29(15-12-22(21)26-18(2)27-23)24(30)19-6-8-20(9-7-19)25(3,4)5/h6-9,17H,10-16H2,1-5H3. The Morgan fingerprint density at radius 2 is 1.70 bits per heavy atom. The van der Waals surface area contributed by atoms with Crippen LogP contribution in [0.15, 0.2) is 24.3 Å². The molecule has 0 N–H and O–H groups in total. The normalized spacial score (nSPS) is 17.8. The molecule has 0 radical (unpaired) electrons. The Kier molecular flexibility index (Phi) is 5.56. The number of carbonyl (C=O) groups is 1. The number of anilines is 1. The lowest BCUT2D eigenvalue weighted by molar-refractivity contribution is 0.0733. The maximum absolute atomic E-state index is 13.2. The summed E-state index contributed by atoms with van der Waals surface area (Å²) in [7, 11) is 0. The quantitative estimate of drug-likeness (QED) is 0.736. The molecule has 5 nitrogen and oxygen atoms in total. The van der Waals surface area contributed by atoms with Gasteiger partial charge < -0.3 is 9.80 Å². The van der Waals surface area contributed by atoms with Crippen molar-refractivity contribution < 1.29 is 4.79 Å². The van der Waals surface area contributed by atoms with Crippen molar-refractivity contribution >= 4 is 11.7 Å². The molecule has 4 rings (SSSR count). The van der Waals surface area contributed by atoms with E-state index < -0.39 is 0 Å². The van der Waals surface area contributed by atoms with Gasteiger partial charge in [0.05, 0.1) is 12.2 Å². The molecule has 3 heterocycles. The van der Waals surface area contributed by atoms with Crippen LogP contribution in [0, 0.1) is 12.8 Å². The van der Waals surface area contributed by atoms with Crippen molar-refractivity contribution in [2.75, 3.05) is 24.5 Å². The van der Waals surface area contributed by atoms with Gasteiger partial charge in [0.2, 0.25) is 0 Å². The van der Waals surface area contributed by atoms with Gasteiger partial charge in [-0.05, 0) is 48.8 Å². The lowest BCUT2D eigenvalue weighted by Crippen LogP contribution is -2.40. The number of nitrogens with zero attached hydrogens (tertiary/aromatic N) is 4. The van der Waals surface area contributed by atoms with Crippen molar-refractivity contribution in [2.24, 2.45) is 5.92 Å². The molecule has 0 aliphatic carbocycles. The lowest BCUT2D eigenvalue weighted by atomic mass is 9.86. The summed E-state index contributed by atoms with van der Waals surface area (Å²) < 4.78 is 0. The van der Waals surface area contributed by atoms with E-state index in [9.17, 15) is 4.79 Å². The van der Waals surface area contributed by atoms with E-state index in [1.54, 1.807) is 0 Å². The number of amides is 1. The molecule has 1 saturated heterocycles. The highest BCUT2D eigenvalue weighted by Gasteiger charge is 2.29. The Bertz CT molecular complexity index is 921. The molecule has 0 saturated carbocycles. The largest absolute Gasteiger partial charge is 0.356 e. The first-order chi connectivity index (χ1) is 14.2. The van der Waals surface area contributed by atoms with Gasteiger partial charge in [-0.25, -0.2) is 9.97 Å². The predicted octanol–water partition coefficient (Wildman–Crippen LogP) is 4.52. The van der Waals surface area contributed by atoms with Crippen LogP contribution in [0.3, 0.4) is 0 Å². The minimum atomic E-state index is 0.0850. The molecule has 0 unspecified atom stereocenters. The lowest BCUT2D eigenvalue weighted by Gasteiger charge is -2.36. The Labute approximate surface area is 180 Å². The third-order valence-electron chi connectivity index (χ3n) is 6.52. The smallest absolute Gasteiger partial charge is 0.254 e. The van der Waals surface area contributed by atoms with Crippen LogP contribution in [0.25, 0.3) is 0 Å².